The molecule has 1 aliphatic carbocycles. The van der Waals surface area contributed by atoms with Gasteiger partial charge < -0.3 is 14.8 Å². The predicted molar refractivity (Wildman–Crippen MR) is 107 cm³/mol. The summed E-state index contributed by atoms with van der Waals surface area (Å²) >= 11 is 0. The van der Waals surface area contributed by atoms with Crippen LogP contribution in [0.3, 0.4) is 0 Å². The minimum atomic E-state index is -0.952. The number of aromatic nitrogens is 1. The van der Waals surface area contributed by atoms with Crippen molar-refractivity contribution in [3.05, 3.63) is 41.9 Å². The molecule has 7 nitrogen and oxygen atoms in total. The number of halogens is 2. The van der Waals surface area contributed by atoms with Gasteiger partial charge in [-0.25, -0.2) is 13.8 Å². The Balaban J connectivity index is 1.43. The number of likely N-dealkylation sites (tertiary alicyclic amines) is 1. The van der Waals surface area contributed by atoms with Crippen LogP contribution >= 0.6 is 0 Å². The van der Waals surface area contributed by atoms with E-state index >= 15 is 0 Å². The number of rotatable bonds is 5. The molecule has 1 aromatic carbocycles. The Kier molecular flexibility index (Phi) is 6.31. The number of nitrogens with one attached hydrogen (secondary N) is 1. The molecule has 1 aromatic heterocycles. The molecule has 166 valence electrons. The van der Waals surface area contributed by atoms with Crippen LogP contribution in [-0.4, -0.2) is 52.0 Å². The third-order valence-electron chi connectivity index (χ3n) is 6.27. The highest BCUT2D eigenvalue weighted by Crippen LogP contribution is 2.28. The summed E-state index contributed by atoms with van der Waals surface area (Å²) in [4.78, 5) is 30.6. The first-order chi connectivity index (χ1) is 14.9. The summed E-state index contributed by atoms with van der Waals surface area (Å²) in [5.41, 5.74) is -0.0165. The topological polar surface area (TPSA) is 95.7 Å². The molecule has 0 radical (unpaired) electrons. The van der Waals surface area contributed by atoms with Crippen molar-refractivity contribution in [2.24, 2.45) is 5.92 Å². The standard InChI is InChI=1S/C22H25F2N3O4/c23-13-6-7-15(17(24)10-13)19-11-25-21(31-19)20(28)26-18-8-9-27(12-16(18)22(29)30)14-4-2-1-3-5-14/h6-7,10-11,14,16,18H,1-5,8-9,12H2,(H,26,28)(H,29,30)/t16-,18-/m1/s1. The van der Waals surface area contributed by atoms with E-state index in [4.69, 9.17) is 4.42 Å². The highest BCUT2D eigenvalue weighted by atomic mass is 19.1. The lowest BCUT2D eigenvalue weighted by atomic mass is 9.87. The molecule has 2 heterocycles. The van der Waals surface area contributed by atoms with Crippen molar-refractivity contribution in [1.29, 1.82) is 0 Å². The lowest BCUT2D eigenvalue weighted by Crippen LogP contribution is -2.56. The molecule has 2 atom stereocenters. The van der Waals surface area contributed by atoms with Gasteiger partial charge in [-0.15, -0.1) is 0 Å². The molecule has 1 saturated heterocycles. The van der Waals surface area contributed by atoms with Crippen LogP contribution < -0.4 is 5.32 Å². The third kappa shape index (κ3) is 4.76. The number of oxazole rings is 1. The van der Waals surface area contributed by atoms with Gasteiger partial charge in [0.05, 0.1) is 17.7 Å². The van der Waals surface area contributed by atoms with Crippen molar-refractivity contribution in [3.63, 3.8) is 0 Å². The SMILES string of the molecule is O=C(N[C@@H]1CCN(C2CCCCC2)C[C@H]1C(=O)O)c1ncc(-c2ccc(F)cc2F)o1. The minimum absolute atomic E-state index is 0.00967. The molecule has 1 saturated carbocycles. The monoisotopic (exact) mass is 433 g/mol. The number of amides is 1. The van der Waals surface area contributed by atoms with Gasteiger partial charge in [-0.2, -0.15) is 0 Å². The quantitative estimate of drug-likeness (QED) is 0.750. The van der Waals surface area contributed by atoms with Gasteiger partial charge in [0.25, 0.3) is 5.89 Å². The van der Waals surface area contributed by atoms with E-state index in [1.54, 1.807) is 0 Å². The second-order valence-electron chi connectivity index (χ2n) is 8.25. The van der Waals surface area contributed by atoms with E-state index in [1.165, 1.54) is 31.5 Å². The van der Waals surface area contributed by atoms with E-state index in [0.717, 1.165) is 31.5 Å². The van der Waals surface area contributed by atoms with Crippen LogP contribution in [0.1, 0.15) is 49.2 Å². The fraction of sp³-hybridized carbons (Fsp3) is 0.500. The largest absolute Gasteiger partial charge is 0.481 e. The number of hydrogen-bond donors (Lipinski definition) is 2. The molecular formula is C22H25F2N3O4. The number of carbonyl (C=O) groups is 2. The average Bonchev–Trinajstić information content (AvgIpc) is 3.24. The molecule has 31 heavy (non-hydrogen) atoms. The molecule has 0 spiro atoms. The zero-order valence-corrected chi connectivity index (χ0v) is 17.0. The van der Waals surface area contributed by atoms with Gasteiger partial charge in [-0.05, 0) is 31.4 Å². The van der Waals surface area contributed by atoms with Gasteiger partial charge in [0.15, 0.2) is 5.76 Å². The van der Waals surface area contributed by atoms with Crippen LogP contribution in [0.2, 0.25) is 0 Å². The first-order valence-corrected chi connectivity index (χ1v) is 10.6. The van der Waals surface area contributed by atoms with Gasteiger partial charge >= 0.3 is 11.9 Å². The summed E-state index contributed by atoms with van der Waals surface area (Å²) in [5.74, 6) is -4.20. The molecular weight excluding hydrogens is 408 g/mol. The molecule has 0 bridgehead atoms. The number of piperidine rings is 1. The number of hydrogen-bond acceptors (Lipinski definition) is 5. The van der Waals surface area contributed by atoms with E-state index in [-0.39, 0.29) is 17.2 Å². The summed E-state index contributed by atoms with van der Waals surface area (Å²) in [6, 6.07) is 2.86. The molecule has 1 amide bonds. The second-order valence-corrected chi connectivity index (χ2v) is 8.25. The third-order valence-corrected chi connectivity index (χ3v) is 6.27. The zero-order valence-electron chi connectivity index (χ0n) is 17.0. The van der Waals surface area contributed by atoms with E-state index in [9.17, 15) is 23.5 Å². The number of carbonyl (C=O) groups excluding carboxylic acids is 1. The zero-order chi connectivity index (χ0) is 22.0. The van der Waals surface area contributed by atoms with Gasteiger partial charge in [0.2, 0.25) is 0 Å². The number of carboxylic acid groups (broad SMARTS) is 1. The summed E-state index contributed by atoms with van der Waals surface area (Å²) in [6.07, 6.45) is 7.43. The fourth-order valence-electron chi connectivity index (χ4n) is 4.60. The van der Waals surface area contributed by atoms with Crippen molar-refractivity contribution in [1.82, 2.24) is 15.2 Å². The second kappa shape index (κ2) is 9.13. The van der Waals surface area contributed by atoms with Gasteiger partial charge in [-0.3, -0.25) is 14.5 Å². The van der Waals surface area contributed by atoms with Crippen molar-refractivity contribution in [2.45, 2.75) is 50.6 Å². The molecule has 2 aliphatic rings. The van der Waals surface area contributed by atoms with Crippen LogP contribution in [0.15, 0.2) is 28.8 Å². The Labute approximate surface area is 178 Å². The molecule has 9 heteroatoms. The summed E-state index contributed by atoms with van der Waals surface area (Å²) in [6.45, 7) is 1.11. The number of nitrogens with zero attached hydrogens (tertiary/aromatic N) is 2. The Hall–Kier alpha value is -2.81. The highest BCUT2D eigenvalue weighted by Gasteiger charge is 2.38. The first-order valence-electron chi connectivity index (χ1n) is 10.6. The highest BCUT2D eigenvalue weighted by molar-refractivity contribution is 5.90. The lowest BCUT2D eigenvalue weighted by molar-refractivity contribution is -0.145. The Morgan fingerprint density at radius 1 is 1.16 bits per heavy atom. The van der Waals surface area contributed by atoms with Crippen molar-refractivity contribution >= 4 is 11.9 Å². The summed E-state index contributed by atoms with van der Waals surface area (Å²) < 4.78 is 32.4. The fourth-order valence-corrected chi connectivity index (χ4v) is 4.60. The minimum Gasteiger partial charge on any atom is -0.481 e. The molecule has 2 aromatic rings. The van der Waals surface area contributed by atoms with E-state index in [2.05, 4.69) is 15.2 Å². The number of aliphatic carboxylic acids is 1. The van der Waals surface area contributed by atoms with Crippen LogP contribution in [-0.2, 0) is 4.79 Å². The van der Waals surface area contributed by atoms with Crippen LogP contribution in [0.25, 0.3) is 11.3 Å². The van der Waals surface area contributed by atoms with Gasteiger partial charge in [0, 0.05) is 31.2 Å². The summed E-state index contributed by atoms with van der Waals surface area (Å²) in [7, 11) is 0. The van der Waals surface area contributed by atoms with Crippen LogP contribution in [0.5, 0.6) is 0 Å². The van der Waals surface area contributed by atoms with E-state index in [1.807, 2.05) is 0 Å². The maximum absolute atomic E-state index is 14.0. The smallest absolute Gasteiger partial charge is 0.309 e. The normalized spacial score (nSPS) is 22.9. The Bertz CT molecular complexity index is 958. The van der Waals surface area contributed by atoms with E-state index in [0.29, 0.717) is 19.0 Å². The lowest BCUT2D eigenvalue weighted by Gasteiger charge is -2.42. The summed E-state index contributed by atoms with van der Waals surface area (Å²) in [5, 5.41) is 12.4. The Morgan fingerprint density at radius 3 is 2.65 bits per heavy atom. The molecule has 2 fully saturated rings. The number of carboxylic acids is 1. The average molecular weight is 433 g/mol. The molecule has 1 aliphatic heterocycles. The molecule has 0 unspecified atom stereocenters. The Morgan fingerprint density at radius 2 is 1.94 bits per heavy atom. The van der Waals surface area contributed by atoms with Crippen molar-refractivity contribution in [3.8, 4) is 11.3 Å². The van der Waals surface area contributed by atoms with Gasteiger partial charge in [-0.1, -0.05) is 19.3 Å². The first kappa shape index (κ1) is 21.4. The predicted octanol–water partition coefficient (Wildman–Crippen LogP) is 3.46. The maximum Gasteiger partial charge on any atom is 0.309 e. The van der Waals surface area contributed by atoms with E-state index < -0.39 is 35.5 Å². The van der Waals surface area contributed by atoms with Crippen LogP contribution in [0, 0.1) is 17.6 Å². The molecule has 4 rings (SSSR count). The van der Waals surface area contributed by atoms with Crippen LogP contribution in [0.4, 0.5) is 8.78 Å². The van der Waals surface area contributed by atoms with Crippen molar-refractivity contribution < 1.29 is 27.9 Å². The number of benzene rings is 1. The van der Waals surface area contributed by atoms with Crippen molar-refractivity contribution in [2.75, 3.05) is 13.1 Å². The maximum atomic E-state index is 14.0. The van der Waals surface area contributed by atoms with Gasteiger partial charge in [0.1, 0.15) is 11.6 Å². The molecule has 2 N–H and O–H groups in total.